The van der Waals surface area contributed by atoms with Crippen molar-refractivity contribution in [1.82, 2.24) is 0 Å². The van der Waals surface area contributed by atoms with E-state index in [0.29, 0.717) is 27.1 Å². The van der Waals surface area contributed by atoms with Gasteiger partial charge in [0.05, 0.1) is 17.6 Å². The van der Waals surface area contributed by atoms with Gasteiger partial charge in [-0.3, -0.25) is 4.79 Å². The van der Waals surface area contributed by atoms with Gasteiger partial charge in [-0.05, 0) is 61.5 Å². The maximum absolute atomic E-state index is 12.7. The predicted molar refractivity (Wildman–Crippen MR) is 118 cm³/mol. The molecule has 0 bridgehead atoms. The molecule has 0 aliphatic rings. The fourth-order valence-electron chi connectivity index (χ4n) is 2.73. The molecule has 0 atom stereocenters. The first kappa shape index (κ1) is 21.4. The molecule has 1 amide bonds. The number of methoxy groups -OCH3 is 1. The highest BCUT2D eigenvalue weighted by Gasteiger charge is 2.22. The number of hydrogen-bond acceptors (Lipinski definition) is 6. The van der Waals surface area contributed by atoms with Gasteiger partial charge in [0.2, 0.25) is 0 Å². The summed E-state index contributed by atoms with van der Waals surface area (Å²) in [5.41, 5.74) is 3.06. The van der Waals surface area contributed by atoms with Crippen LogP contribution in [0.3, 0.4) is 0 Å². The average Bonchev–Trinajstić information content (AvgIpc) is 3.26. The van der Waals surface area contributed by atoms with Gasteiger partial charge in [-0.2, -0.15) is 0 Å². The van der Waals surface area contributed by atoms with Crippen LogP contribution in [0.5, 0.6) is 5.75 Å². The van der Waals surface area contributed by atoms with E-state index in [0.717, 1.165) is 27.3 Å². The Balaban J connectivity index is 1.70. The van der Waals surface area contributed by atoms with Crippen LogP contribution >= 0.6 is 34.3 Å². The second kappa shape index (κ2) is 8.98. The van der Waals surface area contributed by atoms with Crippen molar-refractivity contribution in [3.63, 3.8) is 0 Å². The minimum absolute atomic E-state index is 0.268. The van der Waals surface area contributed by atoms with Crippen LogP contribution in [-0.4, -0.2) is 19.0 Å². The number of carbonyl (C=O) groups excluding carboxylic acids is 2. The highest BCUT2D eigenvalue weighted by Crippen LogP contribution is 2.33. The lowest BCUT2D eigenvalue weighted by Crippen LogP contribution is -2.13. The number of esters is 1. The minimum atomic E-state index is -0.458. The van der Waals surface area contributed by atoms with E-state index in [4.69, 9.17) is 21.1 Å². The average molecular weight is 450 g/mol. The maximum atomic E-state index is 12.7. The van der Waals surface area contributed by atoms with E-state index in [-0.39, 0.29) is 5.91 Å². The summed E-state index contributed by atoms with van der Waals surface area (Å²) in [6.45, 7) is 6.02. The molecule has 0 radical (unpaired) electrons. The summed E-state index contributed by atoms with van der Waals surface area (Å²) in [7, 11) is 1.33. The van der Waals surface area contributed by atoms with Crippen molar-refractivity contribution in [1.29, 1.82) is 0 Å². The van der Waals surface area contributed by atoms with Crippen LogP contribution in [0.4, 0.5) is 5.00 Å². The van der Waals surface area contributed by atoms with E-state index < -0.39 is 5.97 Å². The van der Waals surface area contributed by atoms with Crippen LogP contribution in [0.1, 0.15) is 41.6 Å². The Morgan fingerprint density at radius 2 is 1.93 bits per heavy atom. The summed E-state index contributed by atoms with van der Waals surface area (Å²) in [4.78, 5) is 26.2. The van der Waals surface area contributed by atoms with E-state index in [1.54, 1.807) is 12.1 Å². The molecular weight excluding hydrogens is 430 g/mol. The number of aryl methyl sites for hydroxylation is 2. The lowest BCUT2D eigenvalue weighted by Gasteiger charge is -2.08. The second-order valence-corrected chi connectivity index (χ2v) is 9.02. The van der Waals surface area contributed by atoms with Crippen molar-refractivity contribution >= 4 is 51.2 Å². The molecule has 152 valence electrons. The zero-order valence-electron chi connectivity index (χ0n) is 16.4. The summed E-state index contributed by atoms with van der Waals surface area (Å²) >= 11 is 8.65. The van der Waals surface area contributed by atoms with Crippen molar-refractivity contribution < 1.29 is 19.1 Å². The number of hydrogen-bond donors (Lipinski definition) is 1. The molecule has 8 heteroatoms. The molecule has 0 saturated carbocycles. The van der Waals surface area contributed by atoms with E-state index in [9.17, 15) is 9.59 Å². The third kappa shape index (κ3) is 4.80. The molecule has 3 rings (SSSR count). The van der Waals surface area contributed by atoms with Gasteiger partial charge >= 0.3 is 5.97 Å². The summed E-state index contributed by atoms with van der Waals surface area (Å²) in [5, 5.41) is 5.88. The third-order valence-electron chi connectivity index (χ3n) is 4.41. The molecule has 2 aromatic heterocycles. The van der Waals surface area contributed by atoms with Gasteiger partial charge < -0.3 is 14.8 Å². The molecule has 0 saturated heterocycles. The zero-order chi connectivity index (χ0) is 21.1. The number of carbonyl (C=O) groups is 2. The number of ether oxygens (including phenoxy) is 2. The molecule has 1 N–H and O–H groups in total. The molecule has 1 aromatic carbocycles. The lowest BCUT2D eigenvalue weighted by atomic mass is 10.1. The van der Waals surface area contributed by atoms with Gasteiger partial charge in [0.25, 0.3) is 5.91 Å². The predicted octanol–water partition coefficient (Wildman–Crippen LogP) is 6.01. The van der Waals surface area contributed by atoms with Crippen LogP contribution in [0.2, 0.25) is 5.02 Å². The standard InChI is InChI=1S/C21H20ClNO4S2/c1-11-7-15(22)5-6-16(11)27-9-14-8-17(28-10-14)19(24)23-20-18(21(25)26-4)12(2)13(3)29-20/h5-8,10H,9H2,1-4H3,(H,23,24). The van der Waals surface area contributed by atoms with Crippen molar-refractivity contribution in [3.8, 4) is 5.75 Å². The van der Waals surface area contributed by atoms with Crippen molar-refractivity contribution in [2.75, 3.05) is 12.4 Å². The van der Waals surface area contributed by atoms with Gasteiger partial charge in [0.1, 0.15) is 17.4 Å². The molecule has 0 aliphatic carbocycles. The molecule has 0 aliphatic heterocycles. The van der Waals surface area contributed by atoms with Crippen LogP contribution < -0.4 is 10.1 Å². The normalized spacial score (nSPS) is 10.7. The zero-order valence-corrected chi connectivity index (χ0v) is 18.8. The first-order valence-electron chi connectivity index (χ1n) is 8.76. The van der Waals surface area contributed by atoms with Gasteiger partial charge in [0, 0.05) is 15.5 Å². The van der Waals surface area contributed by atoms with Gasteiger partial charge in [-0.1, -0.05) is 11.6 Å². The number of amides is 1. The van der Waals surface area contributed by atoms with E-state index in [2.05, 4.69) is 5.32 Å². The molecular formula is C21H20ClNO4S2. The summed E-state index contributed by atoms with van der Waals surface area (Å²) in [6, 6.07) is 7.23. The molecule has 5 nitrogen and oxygen atoms in total. The Morgan fingerprint density at radius 1 is 1.17 bits per heavy atom. The minimum Gasteiger partial charge on any atom is -0.489 e. The first-order valence-corrected chi connectivity index (χ1v) is 10.8. The third-order valence-corrected chi connectivity index (χ3v) is 6.75. The van der Waals surface area contributed by atoms with Crippen LogP contribution in [-0.2, 0) is 11.3 Å². The molecule has 29 heavy (non-hydrogen) atoms. The topological polar surface area (TPSA) is 64.6 Å². The monoisotopic (exact) mass is 449 g/mol. The van der Waals surface area contributed by atoms with E-state index in [1.165, 1.54) is 29.8 Å². The fourth-order valence-corrected chi connectivity index (χ4v) is 4.80. The first-order chi connectivity index (χ1) is 13.8. The fraction of sp³-hybridized carbons (Fsp3) is 0.238. The van der Waals surface area contributed by atoms with E-state index >= 15 is 0 Å². The highest BCUT2D eigenvalue weighted by molar-refractivity contribution is 7.17. The lowest BCUT2D eigenvalue weighted by molar-refractivity contribution is 0.0601. The smallest absolute Gasteiger partial charge is 0.341 e. The summed E-state index contributed by atoms with van der Waals surface area (Å²) < 4.78 is 10.7. The number of halogens is 1. The number of benzene rings is 1. The molecule has 3 aromatic rings. The number of nitrogens with one attached hydrogen (secondary N) is 1. The van der Waals surface area contributed by atoms with Crippen LogP contribution in [0.15, 0.2) is 29.6 Å². The summed E-state index contributed by atoms with van der Waals surface area (Å²) in [5.74, 6) is 0.0231. The SMILES string of the molecule is COC(=O)c1c(NC(=O)c2cc(COc3ccc(Cl)cc3C)cs2)sc(C)c1C. The quantitative estimate of drug-likeness (QED) is 0.468. The Kier molecular flexibility index (Phi) is 6.62. The van der Waals surface area contributed by atoms with Gasteiger partial charge in [0.15, 0.2) is 0 Å². The highest BCUT2D eigenvalue weighted by atomic mass is 35.5. The molecule has 0 unspecified atom stereocenters. The number of anilines is 1. The summed E-state index contributed by atoms with van der Waals surface area (Å²) in [6.07, 6.45) is 0. The van der Waals surface area contributed by atoms with Crippen molar-refractivity contribution in [2.24, 2.45) is 0 Å². The second-order valence-electron chi connectivity index (χ2n) is 6.45. The Labute approximate surface area is 182 Å². The van der Waals surface area contributed by atoms with E-state index in [1.807, 2.05) is 38.3 Å². The van der Waals surface area contributed by atoms with Crippen molar-refractivity contribution in [3.05, 3.63) is 66.7 Å². The van der Waals surface area contributed by atoms with Gasteiger partial charge in [-0.15, -0.1) is 22.7 Å². The Morgan fingerprint density at radius 3 is 2.62 bits per heavy atom. The largest absolute Gasteiger partial charge is 0.489 e. The maximum Gasteiger partial charge on any atom is 0.341 e. The molecule has 0 spiro atoms. The van der Waals surface area contributed by atoms with Crippen LogP contribution in [0.25, 0.3) is 0 Å². The molecule has 2 heterocycles. The number of rotatable bonds is 6. The van der Waals surface area contributed by atoms with Crippen LogP contribution in [0, 0.1) is 20.8 Å². The van der Waals surface area contributed by atoms with Crippen molar-refractivity contribution in [2.45, 2.75) is 27.4 Å². The number of thiophene rings is 2. The van der Waals surface area contributed by atoms with Gasteiger partial charge in [-0.25, -0.2) is 4.79 Å². The Hall–Kier alpha value is -2.35. The Bertz CT molecular complexity index is 1070. The molecule has 0 fully saturated rings.